The number of benzene rings is 2. The Hall–Kier alpha value is -2.08. The normalized spacial score (nSPS) is 16.4. The summed E-state index contributed by atoms with van der Waals surface area (Å²) >= 11 is 0. The zero-order valence-corrected chi connectivity index (χ0v) is 14.1. The molecule has 1 fully saturated rings. The van der Waals surface area contributed by atoms with Crippen molar-refractivity contribution in [2.45, 2.75) is 44.7 Å². The second kappa shape index (κ2) is 8.68. The molecule has 2 heteroatoms. The second-order valence-corrected chi connectivity index (χ2v) is 6.52. The highest BCUT2D eigenvalue weighted by Gasteiger charge is 2.18. The van der Waals surface area contributed by atoms with E-state index < -0.39 is 0 Å². The zero-order chi connectivity index (χ0) is 16.6. The summed E-state index contributed by atoms with van der Waals surface area (Å²) < 4.78 is 0. The van der Waals surface area contributed by atoms with E-state index in [1.807, 2.05) is 60.7 Å². The van der Waals surface area contributed by atoms with Gasteiger partial charge in [0.05, 0.1) is 6.54 Å². The Bertz CT molecular complexity index is 665. The summed E-state index contributed by atoms with van der Waals surface area (Å²) in [6, 6.07) is 19.8. The molecular formula is C22H25NO. The van der Waals surface area contributed by atoms with Crippen molar-refractivity contribution in [3.8, 4) is 11.8 Å². The first kappa shape index (κ1) is 16.8. The van der Waals surface area contributed by atoms with E-state index >= 15 is 0 Å². The second-order valence-electron chi connectivity index (χ2n) is 6.52. The van der Waals surface area contributed by atoms with Crippen LogP contribution in [-0.2, 0) is 6.54 Å². The van der Waals surface area contributed by atoms with E-state index in [4.69, 9.17) is 0 Å². The molecule has 1 N–H and O–H groups in total. The summed E-state index contributed by atoms with van der Waals surface area (Å²) in [5.41, 5.74) is 2.12. The minimum absolute atomic E-state index is 0.284. The average Bonchev–Trinajstić information content (AvgIpc) is 2.64. The van der Waals surface area contributed by atoms with Crippen LogP contribution in [0.1, 0.15) is 49.3 Å². The van der Waals surface area contributed by atoms with Crippen molar-refractivity contribution < 1.29 is 5.21 Å². The van der Waals surface area contributed by atoms with Gasteiger partial charge in [-0.2, -0.15) is 5.06 Å². The summed E-state index contributed by atoms with van der Waals surface area (Å²) in [5.74, 6) is 7.27. The molecule has 2 aromatic carbocycles. The van der Waals surface area contributed by atoms with Gasteiger partial charge in [0.25, 0.3) is 0 Å². The maximum Gasteiger partial charge on any atom is 0.121 e. The molecule has 1 saturated carbocycles. The molecule has 0 bridgehead atoms. The van der Waals surface area contributed by atoms with Crippen molar-refractivity contribution >= 4 is 0 Å². The Morgan fingerprint density at radius 3 is 2.21 bits per heavy atom. The van der Waals surface area contributed by atoms with Crippen LogP contribution in [0.25, 0.3) is 0 Å². The molecule has 1 aliphatic carbocycles. The van der Waals surface area contributed by atoms with Crippen LogP contribution < -0.4 is 0 Å². The minimum atomic E-state index is -0.284. The van der Waals surface area contributed by atoms with E-state index in [0.717, 1.165) is 11.1 Å². The first-order chi connectivity index (χ1) is 11.8. The molecule has 0 saturated heterocycles. The van der Waals surface area contributed by atoms with Crippen LogP contribution in [-0.4, -0.2) is 10.3 Å². The van der Waals surface area contributed by atoms with Crippen molar-refractivity contribution in [2.24, 2.45) is 5.92 Å². The van der Waals surface area contributed by atoms with Crippen molar-refractivity contribution in [3.05, 3.63) is 71.8 Å². The van der Waals surface area contributed by atoms with Gasteiger partial charge in [0.15, 0.2) is 0 Å². The monoisotopic (exact) mass is 319 g/mol. The van der Waals surface area contributed by atoms with Gasteiger partial charge >= 0.3 is 0 Å². The highest BCUT2D eigenvalue weighted by molar-refractivity contribution is 5.28. The highest BCUT2D eigenvalue weighted by atomic mass is 16.5. The molecule has 124 valence electrons. The van der Waals surface area contributed by atoms with Crippen LogP contribution in [0.15, 0.2) is 60.7 Å². The number of hydrogen-bond donors (Lipinski definition) is 1. The van der Waals surface area contributed by atoms with Crippen LogP contribution in [0.4, 0.5) is 0 Å². The Balaban J connectivity index is 1.78. The Labute approximate surface area is 145 Å². The highest BCUT2D eigenvalue weighted by Crippen LogP contribution is 2.25. The van der Waals surface area contributed by atoms with Gasteiger partial charge in [-0.25, -0.2) is 0 Å². The van der Waals surface area contributed by atoms with Crippen molar-refractivity contribution in [2.75, 3.05) is 0 Å². The molecule has 1 atom stereocenters. The van der Waals surface area contributed by atoms with E-state index in [0.29, 0.717) is 12.5 Å². The van der Waals surface area contributed by atoms with Gasteiger partial charge in [-0.05, 0) is 24.0 Å². The topological polar surface area (TPSA) is 23.5 Å². The van der Waals surface area contributed by atoms with E-state index in [9.17, 15) is 5.21 Å². The molecule has 0 amide bonds. The minimum Gasteiger partial charge on any atom is -0.312 e. The molecule has 0 aromatic heterocycles. The van der Waals surface area contributed by atoms with E-state index in [1.54, 1.807) is 0 Å². The van der Waals surface area contributed by atoms with Gasteiger partial charge in [0.2, 0.25) is 0 Å². The lowest BCUT2D eigenvalue weighted by Gasteiger charge is -2.23. The number of hydroxylamine groups is 2. The molecule has 0 spiro atoms. The fourth-order valence-electron chi connectivity index (χ4n) is 3.27. The lowest BCUT2D eigenvalue weighted by molar-refractivity contribution is -0.121. The van der Waals surface area contributed by atoms with Crippen LogP contribution >= 0.6 is 0 Å². The summed E-state index contributed by atoms with van der Waals surface area (Å²) in [7, 11) is 0. The van der Waals surface area contributed by atoms with Gasteiger partial charge in [0, 0.05) is 5.92 Å². The predicted molar refractivity (Wildman–Crippen MR) is 97.3 cm³/mol. The fraction of sp³-hybridized carbons (Fsp3) is 0.364. The number of hydrogen-bond acceptors (Lipinski definition) is 2. The molecule has 0 aliphatic heterocycles. The maximum atomic E-state index is 10.7. The summed E-state index contributed by atoms with van der Waals surface area (Å²) in [5, 5.41) is 12.0. The fourth-order valence-corrected chi connectivity index (χ4v) is 3.27. The standard InChI is InChI=1S/C22H25NO/c24-23(18-20-12-6-2-7-13-20)22(21-14-8-3-9-15-21)17-16-19-10-4-1-5-11-19/h2-3,6-9,12-15,19,22,24H,1,4-5,10-11,18H2. The van der Waals surface area contributed by atoms with Gasteiger partial charge < -0.3 is 5.21 Å². The Morgan fingerprint density at radius 2 is 1.54 bits per heavy atom. The molecule has 2 aromatic rings. The van der Waals surface area contributed by atoms with Crippen molar-refractivity contribution in [1.29, 1.82) is 0 Å². The molecule has 1 aliphatic rings. The molecule has 0 heterocycles. The van der Waals surface area contributed by atoms with E-state index in [-0.39, 0.29) is 6.04 Å². The summed E-state index contributed by atoms with van der Waals surface area (Å²) in [6.45, 7) is 0.472. The number of rotatable bonds is 4. The lowest BCUT2D eigenvalue weighted by atomic mass is 9.89. The van der Waals surface area contributed by atoms with Crippen LogP contribution in [0.3, 0.4) is 0 Å². The maximum absolute atomic E-state index is 10.7. The molecule has 24 heavy (non-hydrogen) atoms. The first-order valence-electron chi connectivity index (χ1n) is 8.88. The summed E-state index contributed by atoms with van der Waals surface area (Å²) in [6.07, 6.45) is 6.28. The SMILES string of the molecule is ON(Cc1ccccc1)C(C#CC1CCCCC1)c1ccccc1. The molecule has 1 unspecified atom stereocenters. The quantitative estimate of drug-likeness (QED) is 0.618. The molecule has 3 rings (SSSR count). The van der Waals surface area contributed by atoms with Gasteiger partial charge in [0.1, 0.15) is 6.04 Å². The van der Waals surface area contributed by atoms with Crippen molar-refractivity contribution in [1.82, 2.24) is 5.06 Å². The third-order valence-electron chi connectivity index (χ3n) is 4.63. The first-order valence-corrected chi connectivity index (χ1v) is 8.88. The largest absolute Gasteiger partial charge is 0.312 e. The Kier molecular flexibility index (Phi) is 6.07. The Morgan fingerprint density at radius 1 is 0.917 bits per heavy atom. The van der Waals surface area contributed by atoms with Gasteiger partial charge in [-0.15, -0.1) is 0 Å². The predicted octanol–water partition coefficient (Wildman–Crippen LogP) is 5.20. The zero-order valence-electron chi connectivity index (χ0n) is 14.1. The number of nitrogens with zero attached hydrogens (tertiary/aromatic N) is 1. The third-order valence-corrected chi connectivity index (χ3v) is 4.63. The average molecular weight is 319 g/mol. The van der Waals surface area contributed by atoms with Crippen molar-refractivity contribution in [3.63, 3.8) is 0 Å². The lowest BCUT2D eigenvalue weighted by Crippen LogP contribution is -2.24. The van der Waals surface area contributed by atoms with Crippen LogP contribution in [0.5, 0.6) is 0 Å². The molecule has 0 radical (unpaired) electrons. The molecular weight excluding hydrogens is 294 g/mol. The van der Waals surface area contributed by atoms with Crippen LogP contribution in [0, 0.1) is 17.8 Å². The van der Waals surface area contributed by atoms with Gasteiger partial charge in [-0.1, -0.05) is 91.8 Å². The van der Waals surface area contributed by atoms with Crippen LogP contribution in [0.2, 0.25) is 0 Å². The van der Waals surface area contributed by atoms with E-state index in [1.165, 1.54) is 37.2 Å². The van der Waals surface area contributed by atoms with Gasteiger partial charge in [-0.3, -0.25) is 0 Å². The van der Waals surface area contributed by atoms with E-state index in [2.05, 4.69) is 11.8 Å². The third kappa shape index (κ3) is 4.71. The smallest absolute Gasteiger partial charge is 0.121 e. The molecule has 2 nitrogen and oxygen atoms in total. The summed E-state index contributed by atoms with van der Waals surface area (Å²) in [4.78, 5) is 0.